The van der Waals surface area contributed by atoms with Crippen LogP contribution >= 0.6 is 0 Å². The quantitative estimate of drug-likeness (QED) is 0.618. The van der Waals surface area contributed by atoms with Crippen molar-refractivity contribution >= 4 is 22.1 Å². The highest BCUT2D eigenvalue weighted by molar-refractivity contribution is 7.87. The van der Waals surface area contributed by atoms with Gasteiger partial charge in [-0.25, -0.2) is 14.9 Å². The number of urea groups is 1. The minimum atomic E-state index is -3.78. The van der Waals surface area contributed by atoms with Gasteiger partial charge in [-0.05, 0) is 34.4 Å². The van der Waals surface area contributed by atoms with Crippen molar-refractivity contribution in [2.75, 3.05) is 11.9 Å². The van der Waals surface area contributed by atoms with E-state index in [9.17, 15) is 13.2 Å². The first kappa shape index (κ1) is 21.0. The molecule has 0 aliphatic carbocycles. The molecule has 0 spiro atoms. The predicted molar refractivity (Wildman–Crippen MR) is 119 cm³/mol. The Balaban J connectivity index is 1.72. The number of benzene rings is 2. The van der Waals surface area contributed by atoms with E-state index in [1.54, 1.807) is 23.0 Å². The number of carbonyl (C=O) groups excluding carboxylic acids is 1. The number of hydrogen-bond acceptors (Lipinski definition) is 4. The van der Waals surface area contributed by atoms with Crippen LogP contribution in [-0.4, -0.2) is 31.4 Å². The van der Waals surface area contributed by atoms with E-state index >= 15 is 0 Å². The predicted octanol–water partition coefficient (Wildman–Crippen LogP) is 2.61. The Morgan fingerprint density at radius 1 is 1.06 bits per heavy atom. The highest BCUT2D eigenvalue weighted by Crippen LogP contribution is 2.35. The molecular formula is C22H23N5O3S. The molecule has 0 saturated heterocycles. The van der Waals surface area contributed by atoms with Gasteiger partial charge in [-0.15, -0.1) is 0 Å². The Kier molecular flexibility index (Phi) is 5.73. The Bertz CT molecular complexity index is 1210. The summed E-state index contributed by atoms with van der Waals surface area (Å²) in [5.41, 5.74) is 4.59. The molecule has 160 valence electrons. The van der Waals surface area contributed by atoms with E-state index in [4.69, 9.17) is 5.14 Å². The lowest BCUT2D eigenvalue weighted by Crippen LogP contribution is -2.45. The fraction of sp³-hybridized carbons (Fsp3) is 0.182. The number of aromatic nitrogens is 1. The minimum absolute atomic E-state index is 0.0957. The van der Waals surface area contributed by atoms with Crippen LogP contribution in [0.25, 0.3) is 11.1 Å². The Labute approximate surface area is 181 Å². The molecule has 1 aliphatic rings. The summed E-state index contributed by atoms with van der Waals surface area (Å²) in [4.78, 5) is 20.8. The summed E-state index contributed by atoms with van der Waals surface area (Å²) in [6, 6.07) is 19.1. The van der Waals surface area contributed by atoms with Crippen LogP contribution in [0.15, 0.2) is 66.9 Å². The molecule has 0 radical (unpaired) electrons. The number of rotatable bonds is 6. The van der Waals surface area contributed by atoms with Gasteiger partial charge in [0.1, 0.15) is 5.82 Å². The summed E-state index contributed by atoms with van der Waals surface area (Å²) in [7, 11) is -2.01. The van der Waals surface area contributed by atoms with Crippen molar-refractivity contribution < 1.29 is 13.2 Å². The van der Waals surface area contributed by atoms with E-state index < -0.39 is 10.2 Å². The van der Waals surface area contributed by atoms with Gasteiger partial charge in [-0.3, -0.25) is 4.90 Å². The molecule has 3 aromatic rings. The van der Waals surface area contributed by atoms with E-state index in [1.165, 1.54) is 0 Å². The molecule has 31 heavy (non-hydrogen) atoms. The van der Waals surface area contributed by atoms with Crippen LogP contribution in [0.4, 0.5) is 10.6 Å². The van der Waals surface area contributed by atoms with Crippen LogP contribution in [0, 0.1) is 0 Å². The fourth-order valence-electron chi connectivity index (χ4n) is 3.68. The van der Waals surface area contributed by atoms with Crippen molar-refractivity contribution in [1.29, 1.82) is 0 Å². The van der Waals surface area contributed by atoms with Gasteiger partial charge in [0.05, 0.1) is 13.1 Å². The maximum absolute atomic E-state index is 12.9. The van der Waals surface area contributed by atoms with Crippen molar-refractivity contribution in [3.63, 3.8) is 0 Å². The molecule has 9 heteroatoms. The van der Waals surface area contributed by atoms with Gasteiger partial charge in [-0.2, -0.15) is 13.1 Å². The lowest BCUT2D eigenvalue weighted by Gasteiger charge is -2.35. The SMILES string of the molecule is CN1Cc2c(-c3cccc(CNS(N)(=O)=O)c3)ccnc2N(Cc2ccccc2)C1=O. The van der Waals surface area contributed by atoms with Crippen molar-refractivity contribution in [1.82, 2.24) is 14.6 Å². The Hall–Kier alpha value is -3.27. The zero-order chi connectivity index (χ0) is 22.0. The first-order chi connectivity index (χ1) is 14.8. The summed E-state index contributed by atoms with van der Waals surface area (Å²) in [5.74, 6) is 0.637. The smallest absolute Gasteiger partial charge is 0.323 e. The number of anilines is 1. The third-order valence-electron chi connectivity index (χ3n) is 5.14. The number of nitrogens with one attached hydrogen (secondary N) is 1. The zero-order valence-electron chi connectivity index (χ0n) is 17.0. The molecule has 2 heterocycles. The van der Waals surface area contributed by atoms with Gasteiger partial charge < -0.3 is 4.90 Å². The summed E-state index contributed by atoms with van der Waals surface area (Å²) in [6.45, 7) is 0.951. The van der Waals surface area contributed by atoms with Gasteiger partial charge in [0.25, 0.3) is 10.2 Å². The van der Waals surface area contributed by atoms with Crippen LogP contribution in [0.5, 0.6) is 0 Å². The third kappa shape index (κ3) is 4.74. The number of nitrogens with two attached hydrogens (primary N) is 1. The topological polar surface area (TPSA) is 109 Å². The molecule has 1 aliphatic heterocycles. The maximum Gasteiger partial charge on any atom is 0.326 e. The van der Waals surface area contributed by atoms with Crippen molar-refractivity contribution in [2.24, 2.45) is 5.14 Å². The first-order valence-electron chi connectivity index (χ1n) is 9.73. The summed E-state index contributed by atoms with van der Waals surface area (Å²) < 4.78 is 24.7. The number of nitrogens with zero attached hydrogens (tertiary/aromatic N) is 3. The van der Waals surface area contributed by atoms with E-state index in [0.29, 0.717) is 18.9 Å². The highest BCUT2D eigenvalue weighted by atomic mass is 32.2. The fourth-order valence-corrected chi connectivity index (χ4v) is 4.05. The second kappa shape index (κ2) is 8.46. The lowest BCUT2D eigenvalue weighted by molar-refractivity contribution is 0.209. The number of amides is 2. The van der Waals surface area contributed by atoms with E-state index in [1.807, 2.05) is 60.7 Å². The van der Waals surface area contributed by atoms with Crippen molar-refractivity contribution in [3.8, 4) is 11.1 Å². The third-order valence-corrected chi connectivity index (χ3v) is 5.69. The molecule has 0 saturated carbocycles. The zero-order valence-corrected chi connectivity index (χ0v) is 17.8. The molecule has 0 bridgehead atoms. The minimum Gasteiger partial charge on any atom is -0.323 e. The average Bonchev–Trinajstić information content (AvgIpc) is 2.75. The summed E-state index contributed by atoms with van der Waals surface area (Å²) >= 11 is 0. The maximum atomic E-state index is 12.9. The van der Waals surface area contributed by atoms with E-state index in [-0.39, 0.29) is 12.6 Å². The lowest BCUT2D eigenvalue weighted by atomic mass is 9.97. The summed E-state index contributed by atoms with van der Waals surface area (Å²) in [5, 5.41) is 5.04. The molecule has 0 atom stereocenters. The Morgan fingerprint density at radius 3 is 2.55 bits per heavy atom. The van der Waals surface area contributed by atoms with Gasteiger partial charge in [0, 0.05) is 25.4 Å². The van der Waals surface area contributed by atoms with Gasteiger partial charge in [-0.1, -0.05) is 48.5 Å². The molecule has 0 fully saturated rings. The summed E-state index contributed by atoms with van der Waals surface area (Å²) in [6.07, 6.45) is 1.69. The number of fused-ring (bicyclic) bond motifs is 1. The van der Waals surface area contributed by atoms with Crippen LogP contribution in [0.3, 0.4) is 0 Å². The van der Waals surface area contributed by atoms with Crippen LogP contribution in [-0.2, 0) is 29.8 Å². The van der Waals surface area contributed by atoms with Crippen LogP contribution in [0.2, 0.25) is 0 Å². The van der Waals surface area contributed by atoms with Gasteiger partial charge in [0.2, 0.25) is 0 Å². The molecule has 1 aromatic heterocycles. The van der Waals surface area contributed by atoms with E-state index in [0.717, 1.165) is 27.8 Å². The second-order valence-electron chi connectivity index (χ2n) is 7.44. The van der Waals surface area contributed by atoms with Crippen LogP contribution < -0.4 is 14.8 Å². The van der Waals surface area contributed by atoms with Crippen LogP contribution in [0.1, 0.15) is 16.7 Å². The first-order valence-corrected chi connectivity index (χ1v) is 11.3. The number of hydrogen-bond donors (Lipinski definition) is 2. The molecule has 2 amide bonds. The van der Waals surface area contributed by atoms with Gasteiger partial charge >= 0.3 is 6.03 Å². The van der Waals surface area contributed by atoms with Crippen molar-refractivity contribution in [2.45, 2.75) is 19.6 Å². The Morgan fingerprint density at radius 2 is 1.81 bits per heavy atom. The number of pyridine rings is 1. The van der Waals surface area contributed by atoms with Crippen molar-refractivity contribution in [3.05, 3.63) is 83.6 Å². The molecular weight excluding hydrogens is 414 g/mol. The average molecular weight is 438 g/mol. The molecule has 0 unspecified atom stereocenters. The largest absolute Gasteiger partial charge is 0.326 e. The molecule has 4 rings (SSSR count). The molecule has 2 aromatic carbocycles. The second-order valence-corrected chi connectivity index (χ2v) is 8.82. The molecule has 3 N–H and O–H groups in total. The standard InChI is InChI=1S/C22H23N5O3S/c1-26-15-20-19(18-9-5-8-17(12-18)13-25-31(23,29)30)10-11-24-21(20)27(22(26)28)14-16-6-3-2-4-7-16/h2-12,25H,13-15H2,1H3,(H2,23,29,30). The molecule has 8 nitrogen and oxygen atoms in total. The van der Waals surface area contributed by atoms with Gasteiger partial charge in [0.15, 0.2) is 0 Å². The number of carbonyl (C=O) groups is 1. The monoisotopic (exact) mass is 437 g/mol. The highest BCUT2D eigenvalue weighted by Gasteiger charge is 2.31. The van der Waals surface area contributed by atoms with E-state index in [2.05, 4.69) is 9.71 Å². The normalized spacial score (nSPS) is 13.9.